The highest BCUT2D eigenvalue weighted by Crippen LogP contribution is 2.34. The van der Waals surface area contributed by atoms with E-state index in [2.05, 4.69) is 40.1 Å². The number of carbonyl (C=O) groups is 1. The zero-order valence-electron chi connectivity index (χ0n) is 19.1. The van der Waals surface area contributed by atoms with E-state index in [1.807, 2.05) is 40.8 Å². The van der Waals surface area contributed by atoms with Crippen LogP contribution in [0.2, 0.25) is 0 Å². The van der Waals surface area contributed by atoms with Crippen LogP contribution in [0.15, 0.2) is 46.9 Å². The van der Waals surface area contributed by atoms with Gasteiger partial charge in [0.15, 0.2) is 0 Å². The van der Waals surface area contributed by atoms with E-state index < -0.39 is 5.60 Å². The summed E-state index contributed by atoms with van der Waals surface area (Å²) in [7, 11) is 3.62. The Hall–Kier alpha value is -2.76. The average molecular weight is 414 g/mol. The molecule has 6 heteroatoms. The van der Waals surface area contributed by atoms with Gasteiger partial charge in [-0.2, -0.15) is 0 Å². The standard InChI is InChI=1S/C24H35N3O3/c1-17(11-14-22(25-5)29-7)27(6)20-12-13-21-18(15-20)9-8-10-19(21)16-26-23(28)30-24(2,3)4/h11-15,19H,5,8-10,16H2,1-4,6-7H3,(H,26,28)/b17-11+,22-14+/t19-/m0/s1. The summed E-state index contributed by atoms with van der Waals surface area (Å²) in [6.07, 6.45) is 6.63. The smallest absolute Gasteiger partial charge is 0.407 e. The second-order valence-corrected chi connectivity index (χ2v) is 8.59. The van der Waals surface area contributed by atoms with Crippen molar-refractivity contribution >= 4 is 18.5 Å². The largest absolute Gasteiger partial charge is 0.481 e. The number of fused-ring (bicyclic) bond motifs is 1. The monoisotopic (exact) mass is 413 g/mol. The van der Waals surface area contributed by atoms with Crippen LogP contribution in [0.5, 0.6) is 0 Å². The molecule has 164 valence electrons. The molecule has 2 rings (SSSR count). The average Bonchev–Trinajstić information content (AvgIpc) is 2.70. The van der Waals surface area contributed by atoms with Gasteiger partial charge in [0.25, 0.3) is 0 Å². The Morgan fingerprint density at radius 2 is 2.10 bits per heavy atom. The number of hydrogen-bond acceptors (Lipinski definition) is 5. The maximum absolute atomic E-state index is 12.0. The van der Waals surface area contributed by atoms with Gasteiger partial charge in [-0.25, -0.2) is 9.79 Å². The Labute approximate surface area is 180 Å². The van der Waals surface area contributed by atoms with Crippen LogP contribution >= 0.6 is 0 Å². The van der Waals surface area contributed by atoms with Gasteiger partial charge in [0.05, 0.1) is 7.11 Å². The van der Waals surface area contributed by atoms with Crippen LogP contribution in [0.3, 0.4) is 0 Å². The number of ether oxygens (including phenoxy) is 2. The number of rotatable bonds is 7. The Bertz CT molecular complexity index is 821. The van der Waals surface area contributed by atoms with Crippen LogP contribution in [-0.4, -0.2) is 39.1 Å². The van der Waals surface area contributed by atoms with Gasteiger partial charge in [0.2, 0.25) is 5.88 Å². The van der Waals surface area contributed by atoms with Crippen LogP contribution in [0.25, 0.3) is 0 Å². The van der Waals surface area contributed by atoms with E-state index >= 15 is 0 Å². The van der Waals surface area contributed by atoms with E-state index in [1.54, 1.807) is 13.2 Å². The lowest BCUT2D eigenvalue weighted by Gasteiger charge is -2.29. The molecule has 30 heavy (non-hydrogen) atoms. The van der Waals surface area contributed by atoms with Crippen LogP contribution in [0.1, 0.15) is 57.6 Å². The first-order valence-corrected chi connectivity index (χ1v) is 10.4. The van der Waals surface area contributed by atoms with Crippen LogP contribution in [0, 0.1) is 0 Å². The number of aliphatic imine (C=N–C) groups is 1. The second-order valence-electron chi connectivity index (χ2n) is 8.59. The van der Waals surface area contributed by atoms with Gasteiger partial charge in [0.1, 0.15) is 5.60 Å². The fourth-order valence-electron chi connectivity index (χ4n) is 3.54. The molecule has 0 spiro atoms. The molecule has 0 heterocycles. The number of alkyl carbamates (subject to hydrolysis) is 1. The first-order valence-electron chi connectivity index (χ1n) is 10.4. The number of allylic oxidation sites excluding steroid dienone is 3. The zero-order chi connectivity index (χ0) is 22.3. The van der Waals surface area contributed by atoms with Crippen molar-refractivity contribution in [1.82, 2.24) is 5.32 Å². The number of carbonyl (C=O) groups excluding carboxylic acids is 1. The van der Waals surface area contributed by atoms with Crippen molar-refractivity contribution < 1.29 is 14.3 Å². The van der Waals surface area contributed by atoms with Gasteiger partial charge in [-0.1, -0.05) is 6.07 Å². The highest BCUT2D eigenvalue weighted by atomic mass is 16.6. The number of nitrogens with zero attached hydrogens (tertiary/aromatic N) is 2. The molecule has 0 unspecified atom stereocenters. The molecule has 0 aromatic heterocycles. The molecule has 0 fully saturated rings. The highest BCUT2D eigenvalue weighted by Gasteiger charge is 2.23. The molecule has 1 atom stereocenters. The molecule has 1 aromatic rings. The van der Waals surface area contributed by atoms with Gasteiger partial charge < -0.3 is 19.7 Å². The molecule has 1 aliphatic rings. The summed E-state index contributed by atoms with van der Waals surface area (Å²) in [6, 6.07) is 6.57. The van der Waals surface area contributed by atoms with Crippen LogP contribution < -0.4 is 10.2 Å². The Morgan fingerprint density at radius 1 is 1.37 bits per heavy atom. The van der Waals surface area contributed by atoms with Crippen molar-refractivity contribution in [2.45, 2.75) is 58.5 Å². The van der Waals surface area contributed by atoms with Crippen molar-refractivity contribution in [3.05, 3.63) is 53.1 Å². The van der Waals surface area contributed by atoms with Gasteiger partial charge >= 0.3 is 6.09 Å². The third-order valence-electron chi connectivity index (χ3n) is 5.21. The number of benzene rings is 1. The summed E-state index contributed by atoms with van der Waals surface area (Å²) >= 11 is 0. The first-order chi connectivity index (χ1) is 14.1. The summed E-state index contributed by atoms with van der Waals surface area (Å²) in [6.45, 7) is 11.7. The number of amides is 1. The molecular formula is C24H35N3O3. The predicted molar refractivity (Wildman–Crippen MR) is 123 cm³/mol. The van der Waals surface area contributed by atoms with Gasteiger partial charge in [-0.3, -0.25) is 0 Å². The van der Waals surface area contributed by atoms with E-state index in [0.29, 0.717) is 18.3 Å². The predicted octanol–water partition coefficient (Wildman–Crippen LogP) is 5.16. The molecule has 0 saturated carbocycles. The number of anilines is 1. The summed E-state index contributed by atoms with van der Waals surface area (Å²) in [5, 5.41) is 2.93. The van der Waals surface area contributed by atoms with Crippen molar-refractivity contribution in [2.24, 2.45) is 4.99 Å². The second kappa shape index (κ2) is 10.3. The molecule has 0 radical (unpaired) electrons. The summed E-state index contributed by atoms with van der Waals surface area (Å²) in [5.41, 5.74) is 4.36. The molecule has 6 nitrogen and oxygen atoms in total. The zero-order valence-corrected chi connectivity index (χ0v) is 19.1. The Balaban J connectivity index is 2.11. The lowest BCUT2D eigenvalue weighted by atomic mass is 9.82. The maximum atomic E-state index is 12.0. The molecule has 0 bridgehead atoms. The van der Waals surface area contributed by atoms with Crippen molar-refractivity contribution in [1.29, 1.82) is 0 Å². The highest BCUT2D eigenvalue weighted by molar-refractivity contribution is 5.67. The van der Waals surface area contributed by atoms with Crippen LogP contribution in [0.4, 0.5) is 10.5 Å². The lowest BCUT2D eigenvalue weighted by molar-refractivity contribution is 0.0523. The first kappa shape index (κ1) is 23.5. The Morgan fingerprint density at radius 3 is 2.73 bits per heavy atom. The van der Waals surface area contributed by atoms with E-state index in [1.165, 1.54) is 11.1 Å². The quantitative estimate of drug-likeness (QED) is 0.381. The van der Waals surface area contributed by atoms with Crippen molar-refractivity contribution in [3.63, 3.8) is 0 Å². The van der Waals surface area contributed by atoms with Gasteiger partial charge in [0, 0.05) is 37.0 Å². The van der Waals surface area contributed by atoms with Gasteiger partial charge in [-0.05, 0) is 83.0 Å². The topological polar surface area (TPSA) is 63.2 Å². The SMILES string of the molecule is C=N/C(=C\C=C(/C)N(C)c1ccc2c(c1)CCC[C@H]2CNC(=O)OC(C)(C)C)OC. The Kier molecular flexibility index (Phi) is 8.09. The number of nitrogens with one attached hydrogen (secondary N) is 1. The number of hydrogen-bond donors (Lipinski definition) is 1. The van der Waals surface area contributed by atoms with E-state index in [0.717, 1.165) is 30.6 Å². The molecule has 1 aliphatic carbocycles. The summed E-state index contributed by atoms with van der Waals surface area (Å²) < 4.78 is 10.5. The van der Waals surface area contributed by atoms with E-state index in [9.17, 15) is 4.79 Å². The number of methoxy groups -OCH3 is 1. The van der Waals surface area contributed by atoms with Crippen molar-refractivity contribution in [3.8, 4) is 0 Å². The molecule has 1 aromatic carbocycles. The van der Waals surface area contributed by atoms with Gasteiger partial charge in [-0.15, -0.1) is 0 Å². The molecule has 0 saturated heterocycles. The fourth-order valence-corrected chi connectivity index (χ4v) is 3.54. The third kappa shape index (κ3) is 6.65. The normalized spacial score (nSPS) is 17.1. The summed E-state index contributed by atoms with van der Waals surface area (Å²) in [4.78, 5) is 18.0. The van der Waals surface area contributed by atoms with E-state index in [4.69, 9.17) is 9.47 Å². The molecule has 1 N–H and O–H groups in total. The molecule has 1 amide bonds. The molecular weight excluding hydrogens is 378 g/mol. The third-order valence-corrected chi connectivity index (χ3v) is 5.21. The minimum atomic E-state index is -0.486. The number of aryl methyl sites for hydroxylation is 1. The van der Waals surface area contributed by atoms with Crippen LogP contribution in [-0.2, 0) is 15.9 Å². The maximum Gasteiger partial charge on any atom is 0.407 e. The minimum Gasteiger partial charge on any atom is -0.481 e. The molecule has 0 aliphatic heterocycles. The minimum absolute atomic E-state index is 0.308. The van der Waals surface area contributed by atoms with E-state index in [-0.39, 0.29) is 6.09 Å². The van der Waals surface area contributed by atoms with Crippen molar-refractivity contribution in [2.75, 3.05) is 25.6 Å². The fraction of sp³-hybridized carbons (Fsp3) is 0.500. The lowest BCUT2D eigenvalue weighted by Crippen LogP contribution is -2.35. The summed E-state index contributed by atoms with van der Waals surface area (Å²) in [5.74, 6) is 0.789.